The maximum absolute atomic E-state index is 11.8. The Morgan fingerprint density at radius 1 is 1.54 bits per heavy atom. The quantitative estimate of drug-likeness (QED) is 0.747. The number of likely N-dealkylation sites (N-methyl/N-ethyl adjacent to an activating group) is 1. The summed E-state index contributed by atoms with van der Waals surface area (Å²) in [5.41, 5.74) is 0. The van der Waals surface area contributed by atoms with Gasteiger partial charge in [0.2, 0.25) is 0 Å². The van der Waals surface area contributed by atoms with E-state index in [0.717, 1.165) is 0 Å². The first-order chi connectivity index (χ1) is 5.85. The van der Waals surface area contributed by atoms with Gasteiger partial charge in [0.25, 0.3) is 0 Å². The zero-order valence-electron chi connectivity index (χ0n) is 7.24. The zero-order valence-corrected chi connectivity index (χ0v) is 8.82. The SMILES string of the molecule is C=CN(C)C/C=C(/Br)CC(F)(F)F. The summed E-state index contributed by atoms with van der Waals surface area (Å²) < 4.78 is 35.6. The number of halogens is 4. The van der Waals surface area contributed by atoms with Crippen LogP contribution in [0.5, 0.6) is 0 Å². The highest BCUT2D eigenvalue weighted by Gasteiger charge is 2.27. The minimum absolute atomic E-state index is 0.147. The summed E-state index contributed by atoms with van der Waals surface area (Å²) in [5.74, 6) is 0. The van der Waals surface area contributed by atoms with Crippen LogP contribution in [0.4, 0.5) is 13.2 Å². The molecule has 0 bridgehead atoms. The van der Waals surface area contributed by atoms with Crippen LogP contribution >= 0.6 is 15.9 Å². The Kier molecular flexibility index (Phi) is 5.13. The zero-order chi connectivity index (χ0) is 10.5. The Hall–Kier alpha value is -0.450. The van der Waals surface area contributed by atoms with Gasteiger partial charge in [-0.15, -0.1) is 0 Å². The molecule has 0 fully saturated rings. The number of hydrogen-bond donors (Lipinski definition) is 0. The molecule has 0 aliphatic heterocycles. The van der Waals surface area contributed by atoms with Crippen molar-refractivity contribution in [3.8, 4) is 0 Å². The summed E-state index contributed by atoms with van der Waals surface area (Å²) in [7, 11) is 1.73. The van der Waals surface area contributed by atoms with Gasteiger partial charge in [-0.2, -0.15) is 13.2 Å². The number of rotatable bonds is 4. The van der Waals surface area contributed by atoms with Gasteiger partial charge in [0.15, 0.2) is 0 Å². The molecule has 0 rings (SSSR count). The minimum atomic E-state index is -4.15. The highest BCUT2D eigenvalue weighted by atomic mass is 79.9. The Morgan fingerprint density at radius 2 is 2.08 bits per heavy atom. The van der Waals surface area contributed by atoms with Crippen molar-refractivity contribution in [2.75, 3.05) is 13.6 Å². The number of allylic oxidation sites excluding steroid dienone is 1. The first-order valence-corrected chi connectivity index (χ1v) is 4.38. The average molecular weight is 258 g/mol. The summed E-state index contributed by atoms with van der Waals surface area (Å²) in [6.07, 6.45) is -2.06. The van der Waals surface area contributed by atoms with Crippen LogP contribution in [0.3, 0.4) is 0 Å². The predicted molar refractivity (Wildman–Crippen MR) is 50.5 cm³/mol. The molecule has 0 radical (unpaired) electrons. The molecule has 5 heteroatoms. The lowest BCUT2D eigenvalue weighted by Gasteiger charge is -2.10. The predicted octanol–water partition coefficient (Wildman–Crippen LogP) is 3.29. The number of nitrogens with zero attached hydrogens (tertiary/aromatic N) is 1. The van der Waals surface area contributed by atoms with Gasteiger partial charge in [0, 0.05) is 18.1 Å². The van der Waals surface area contributed by atoms with Crippen molar-refractivity contribution >= 4 is 15.9 Å². The third-order valence-electron chi connectivity index (χ3n) is 1.28. The van der Waals surface area contributed by atoms with E-state index >= 15 is 0 Å². The second kappa shape index (κ2) is 5.32. The van der Waals surface area contributed by atoms with E-state index in [1.54, 1.807) is 18.1 Å². The molecule has 0 aromatic rings. The molecule has 0 spiro atoms. The standard InChI is InChI=1S/C8H11BrF3N/c1-3-13(2)5-4-7(9)6-8(10,11)12/h3-4H,1,5-6H2,2H3/b7-4+. The molecule has 0 atom stereocenters. The Balaban J connectivity index is 3.96. The molecule has 0 saturated carbocycles. The van der Waals surface area contributed by atoms with Gasteiger partial charge in [-0.3, -0.25) is 0 Å². The van der Waals surface area contributed by atoms with Crippen molar-refractivity contribution < 1.29 is 13.2 Å². The van der Waals surface area contributed by atoms with E-state index < -0.39 is 12.6 Å². The van der Waals surface area contributed by atoms with Crippen LogP contribution in [0.15, 0.2) is 23.3 Å². The lowest BCUT2D eigenvalue weighted by molar-refractivity contribution is -0.125. The molecular weight excluding hydrogens is 247 g/mol. The molecule has 0 N–H and O–H groups in total. The largest absolute Gasteiger partial charge is 0.393 e. The van der Waals surface area contributed by atoms with Crippen LogP contribution in [-0.2, 0) is 0 Å². The molecule has 76 valence electrons. The Bertz CT molecular complexity index is 198. The molecule has 0 unspecified atom stereocenters. The molecule has 0 aliphatic rings. The molecule has 0 aromatic carbocycles. The normalized spacial score (nSPS) is 12.8. The van der Waals surface area contributed by atoms with Gasteiger partial charge in [0.05, 0.1) is 6.42 Å². The molecule has 0 saturated heterocycles. The second-order valence-electron chi connectivity index (χ2n) is 2.57. The lowest BCUT2D eigenvalue weighted by Crippen LogP contribution is -2.11. The molecule has 1 nitrogen and oxygen atoms in total. The van der Waals surface area contributed by atoms with Crippen molar-refractivity contribution in [2.45, 2.75) is 12.6 Å². The van der Waals surface area contributed by atoms with Crippen LogP contribution in [0.1, 0.15) is 6.42 Å². The average Bonchev–Trinajstić information content (AvgIpc) is 1.97. The van der Waals surface area contributed by atoms with Crippen molar-refractivity contribution in [2.24, 2.45) is 0 Å². The fourth-order valence-corrected chi connectivity index (χ4v) is 1.04. The molecule has 0 aliphatic carbocycles. The first kappa shape index (κ1) is 12.6. The van der Waals surface area contributed by atoms with E-state index in [-0.39, 0.29) is 4.48 Å². The highest BCUT2D eigenvalue weighted by Crippen LogP contribution is 2.27. The third-order valence-corrected chi connectivity index (χ3v) is 1.89. The molecular formula is C8H11BrF3N. The van der Waals surface area contributed by atoms with Crippen LogP contribution in [0.25, 0.3) is 0 Å². The fourth-order valence-electron chi connectivity index (χ4n) is 0.581. The van der Waals surface area contributed by atoms with Crippen molar-refractivity contribution in [1.29, 1.82) is 0 Å². The van der Waals surface area contributed by atoms with E-state index in [4.69, 9.17) is 0 Å². The summed E-state index contributed by atoms with van der Waals surface area (Å²) in [4.78, 5) is 1.68. The smallest absolute Gasteiger partial charge is 0.377 e. The fraction of sp³-hybridized carbons (Fsp3) is 0.500. The van der Waals surface area contributed by atoms with Gasteiger partial charge in [-0.25, -0.2) is 0 Å². The van der Waals surface area contributed by atoms with E-state index in [9.17, 15) is 13.2 Å². The van der Waals surface area contributed by atoms with E-state index in [0.29, 0.717) is 6.54 Å². The first-order valence-electron chi connectivity index (χ1n) is 3.59. The second-order valence-corrected chi connectivity index (χ2v) is 3.58. The van der Waals surface area contributed by atoms with Crippen molar-refractivity contribution in [3.05, 3.63) is 23.3 Å². The highest BCUT2D eigenvalue weighted by molar-refractivity contribution is 9.11. The van der Waals surface area contributed by atoms with Gasteiger partial charge in [-0.1, -0.05) is 28.6 Å². The van der Waals surface area contributed by atoms with Crippen LogP contribution in [-0.4, -0.2) is 24.7 Å². The number of hydrogen-bond acceptors (Lipinski definition) is 1. The number of alkyl halides is 3. The van der Waals surface area contributed by atoms with E-state index in [1.165, 1.54) is 6.08 Å². The summed E-state index contributed by atoms with van der Waals surface area (Å²) in [6, 6.07) is 0. The molecule has 0 aromatic heterocycles. The maximum atomic E-state index is 11.8. The summed E-state index contributed by atoms with van der Waals surface area (Å²) in [5, 5.41) is 0. The lowest BCUT2D eigenvalue weighted by atomic mass is 10.3. The molecule has 13 heavy (non-hydrogen) atoms. The van der Waals surface area contributed by atoms with Crippen molar-refractivity contribution in [1.82, 2.24) is 4.90 Å². The van der Waals surface area contributed by atoms with Crippen LogP contribution in [0.2, 0.25) is 0 Å². The minimum Gasteiger partial charge on any atom is -0.377 e. The van der Waals surface area contributed by atoms with Gasteiger partial charge in [-0.05, 0) is 6.20 Å². The van der Waals surface area contributed by atoms with Crippen molar-refractivity contribution in [3.63, 3.8) is 0 Å². The van der Waals surface area contributed by atoms with E-state index in [1.807, 2.05) is 0 Å². The Labute approximate surface area is 84.0 Å². The maximum Gasteiger partial charge on any atom is 0.393 e. The van der Waals surface area contributed by atoms with Crippen LogP contribution < -0.4 is 0 Å². The summed E-state index contributed by atoms with van der Waals surface area (Å²) >= 11 is 2.85. The monoisotopic (exact) mass is 257 g/mol. The summed E-state index contributed by atoms with van der Waals surface area (Å²) in [6.45, 7) is 3.89. The molecule has 0 heterocycles. The third kappa shape index (κ3) is 7.90. The van der Waals surface area contributed by atoms with Gasteiger partial charge in [0.1, 0.15) is 0 Å². The van der Waals surface area contributed by atoms with Gasteiger partial charge < -0.3 is 4.90 Å². The van der Waals surface area contributed by atoms with Crippen LogP contribution in [0, 0.1) is 0 Å². The topological polar surface area (TPSA) is 3.24 Å². The molecule has 0 amide bonds. The van der Waals surface area contributed by atoms with Gasteiger partial charge >= 0.3 is 6.18 Å². The Morgan fingerprint density at radius 3 is 2.46 bits per heavy atom. The van der Waals surface area contributed by atoms with E-state index in [2.05, 4.69) is 22.5 Å².